The smallest absolute Gasteiger partial charge is 0.293 e. The highest BCUT2D eigenvalue weighted by Crippen LogP contribution is 2.68. The first-order valence-electron chi connectivity index (χ1n) is 20.0. The summed E-state index contributed by atoms with van der Waals surface area (Å²) in [4.78, 5) is 34.2. The van der Waals surface area contributed by atoms with Gasteiger partial charge in [-0.1, -0.05) is 41.9 Å². The number of halogens is 7. The summed E-state index contributed by atoms with van der Waals surface area (Å²) in [5.41, 5.74) is -1.81. The molecule has 3 N–H and O–H groups in total. The molecule has 1 fully saturated rings. The minimum absolute atomic E-state index is 0.0106. The molecule has 2 aliphatic carbocycles. The molecule has 7 aromatic rings. The number of hydrogen-bond acceptors (Lipinski definition) is 8. The number of rotatable bonds is 12. The molecule has 9 rings (SSSR count). The zero-order valence-corrected chi connectivity index (χ0v) is 36.2. The number of fused-ring (bicyclic) bond motifs is 5. The van der Waals surface area contributed by atoms with Crippen LogP contribution in [0.25, 0.3) is 38.6 Å². The van der Waals surface area contributed by atoms with Crippen LogP contribution in [0.15, 0.2) is 77.6 Å². The Morgan fingerprint density at radius 3 is 2.32 bits per heavy atom. The first kappa shape index (κ1) is 44.0. The molecule has 0 spiro atoms. The van der Waals surface area contributed by atoms with Crippen molar-refractivity contribution in [3.8, 4) is 16.8 Å². The fraction of sp³-hybridized carbons (Fsp3) is 0.295. The van der Waals surface area contributed by atoms with Crippen LogP contribution in [0.2, 0.25) is 5.02 Å². The molecule has 0 aliphatic heterocycles. The quantitative estimate of drug-likeness (QED) is 0.104. The molecule has 0 bridgehead atoms. The molecule has 13 nitrogen and oxygen atoms in total. The number of aliphatic hydroxyl groups is 1. The Kier molecular flexibility index (Phi) is 10.4. The van der Waals surface area contributed by atoms with Gasteiger partial charge >= 0.3 is 0 Å². The lowest BCUT2D eigenvalue weighted by Gasteiger charge is -2.24. The van der Waals surface area contributed by atoms with Gasteiger partial charge in [0.2, 0.25) is 15.9 Å². The molecule has 0 radical (unpaired) electrons. The van der Waals surface area contributed by atoms with Crippen LogP contribution in [0.1, 0.15) is 72.6 Å². The monoisotopic (exact) mass is 938 g/mol. The van der Waals surface area contributed by atoms with E-state index in [4.69, 9.17) is 16.6 Å². The zero-order valence-electron chi connectivity index (χ0n) is 34.7. The Morgan fingerprint density at radius 2 is 1.68 bits per heavy atom. The minimum atomic E-state index is -3.92. The molecule has 21 heteroatoms. The van der Waals surface area contributed by atoms with Crippen LogP contribution in [-0.4, -0.2) is 54.8 Å². The predicted molar refractivity (Wildman–Crippen MR) is 229 cm³/mol. The molecule has 3 aromatic heterocycles. The Morgan fingerprint density at radius 1 is 1.00 bits per heavy atom. The first-order valence-corrected chi connectivity index (χ1v) is 22.3. The van der Waals surface area contributed by atoms with E-state index in [0.29, 0.717) is 27.4 Å². The third kappa shape index (κ3) is 7.90. The van der Waals surface area contributed by atoms with Gasteiger partial charge in [-0.3, -0.25) is 28.2 Å². The van der Waals surface area contributed by atoms with Crippen LogP contribution < -0.4 is 15.6 Å². The molecule has 0 unspecified atom stereocenters. The highest BCUT2D eigenvalue weighted by Gasteiger charge is 2.67. The molecule has 0 saturated heterocycles. The maximum absolute atomic E-state index is 15.6. The fourth-order valence-electron chi connectivity index (χ4n) is 8.83. The van der Waals surface area contributed by atoms with E-state index in [9.17, 15) is 35.9 Å². The summed E-state index contributed by atoms with van der Waals surface area (Å²) in [5, 5.41) is 21.4. The summed E-state index contributed by atoms with van der Waals surface area (Å²) < 4.78 is 119. The second-order valence-corrected chi connectivity index (χ2v) is 19.1. The van der Waals surface area contributed by atoms with Crippen molar-refractivity contribution < 1.29 is 44.7 Å². The molecule has 338 valence electrons. The average Bonchev–Trinajstić information content (AvgIpc) is 3.75. The number of hydrogen-bond donors (Lipinski definition) is 3. The van der Waals surface area contributed by atoms with Crippen LogP contribution in [-0.2, 0) is 46.4 Å². The summed E-state index contributed by atoms with van der Waals surface area (Å²) in [5.74, 6) is -9.09. The highest BCUT2D eigenvalue weighted by molar-refractivity contribution is 7.92. The Balaban J connectivity index is 1.25. The summed E-state index contributed by atoms with van der Waals surface area (Å²) in [7, 11) is -2.47. The number of aryl methyl sites for hydroxylation is 1. The number of aromatic nitrogens is 6. The average molecular weight is 939 g/mol. The third-order valence-electron chi connectivity index (χ3n) is 11.7. The minimum Gasteiger partial charge on any atom is -0.386 e. The molecular weight excluding hydrogens is 902 g/mol. The van der Waals surface area contributed by atoms with Crippen molar-refractivity contribution in [3.05, 3.63) is 134 Å². The van der Waals surface area contributed by atoms with E-state index in [1.807, 2.05) is 0 Å². The van der Waals surface area contributed by atoms with Gasteiger partial charge < -0.3 is 10.4 Å². The Bertz CT molecular complexity index is 3280. The molecular formula is C44H37ClF6N8O5S. The van der Waals surface area contributed by atoms with Gasteiger partial charge in [0.1, 0.15) is 35.4 Å². The second kappa shape index (κ2) is 15.4. The van der Waals surface area contributed by atoms with Crippen LogP contribution in [0.3, 0.4) is 0 Å². The number of alkyl halides is 4. The predicted octanol–water partition coefficient (Wildman–Crippen LogP) is 7.91. The zero-order chi connectivity index (χ0) is 46.7. The number of sulfonamides is 1. The Hall–Kier alpha value is -6.25. The fourth-order valence-corrected chi connectivity index (χ4v) is 9.57. The molecule has 2 aliphatic rings. The van der Waals surface area contributed by atoms with E-state index < -0.39 is 93.3 Å². The van der Waals surface area contributed by atoms with Gasteiger partial charge in [-0.25, -0.2) is 31.0 Å². The Labute approximate surface area is 370 Å². The molecule has 1 saturated carbocycles. The van der Waals surface area contributed by atoms with Crippen molar-refractivity contribution in [2.45, 2.75) is 63.1 Å². The number of benzene rings is 4. The lowest BCUT2D eigenvalue weighted by Crippen LogP contribution is -2.38. The van der Waals surface area contributed by atoms with E-state index in [2.05, 4.69) is 20.2 Å². The number of anilines is 1. The van der Waals surface area contributed by atoms with E-state index in [-0.39, 0.29) is 61.7 Å². The van der Waals surface area contributed by atoms with Gasteiger partial charge in [0.05, 0.1) is 50.4 Å². The van der Waals surface area contributed by atoms with Gasteiger partial charge in [0.25, 0.3) is 17.9 Å². The van der Waals surface area contributed by atoms with Crippen molar-refractivity contribution in [1.29, 1.82) is 0 Å². The van der Waals surface area contributed by atoms with Crippen LogP contribution in [0, 0.1) is 17.6 Å². The summed E-state index contributed by atoms with van der Waals surface area (Å²) in [6, 6.07) is 15.6. The summed E-state index contributed by atoms with van der Waals surface area (Å²) in [6.45, 7) is 2.27. The van der Waals surface area contributed by atoms with Gasteiger partial charge in [-0.15, -0.1) is 0 Å². The summed E-state index contributed by atoms with van der Waals surface area (Å²) in [6.07, 6.45) is -2.80. The van der Waals surface area contributed by atoms with Gasteiger partial charge in [0.15, 0.2) is 5.82 Å². The highest BCUT2D eigenvalue weighted by atomic mass is 35.5. The van der Waals surface area contributed by atoms with Crippen LogP contribution in [0.5, 0.6) is 0 Å². The molecule has 3 heterocycles. The summed E-state index contributed by atoms with van der Waals surface area (Å²) >= 11 is 6.65. The van der Waals surface area contributed by atoms with Crippen molar-refractivity contribution >= 4 is 55.2 Å². The lowest BCUT2D eigenvalue weighted by atomic mass is 9.95. The van der Waals surface area contributed by atoms with E-state index in [1.54, 1.807) is 50.2 Å². The topological polar surface area (TPSA) is 166 Å². The van der Waals surface area contributed by atoms with E-state index in [0.717, 1.165) is 23.0 Å². The number of nitrogens with zero attached hydrogens (tertiary/aromatic N) is 6. The standard InChI is InChI=1S/C44H37ClF6N8O5S/c1-43(2,62)23-8-5-21(6-9-23)22-7-10-26-30(16-22)53-41(59(42(26)61)32-12-11-29(45)35-37(32)57(3)55-40(35)56-65(4,63)64)31(15-20-13-24(46)17-25(47)14-20)52-33(60)19-58-38-34(36(54-58)39(48)49)27-18-28(27)44(38,50)51/h5-14,16-17,27-28,31,39,62H,15,18-19H2,1-4H3,(H,52,60)(H,55,56)/t27-,28+,31-/m0/s1. The maximum atomic E-state index is 15.6. The number of carbonyl (C=O) groups excluding carboxylic acids is 1. The van der Waals surface area contributed by atoms with E-state index in [1.165, 1.54) is 29.9 Å². The van der Waals surface area contributed by atoms with Crippen LogP contribution >= 0.6 is 11.6 Å². The molecule has 4 aromatic carbocycles. The molecule has 3 atom stereocenters. The number of nitrogens with one attached hydrogen (secondary N) is 2. The van der Waals surface area contributed by atoms with E-state index >= 15 is 13.6 Å². The number of amides is 1. The maximum Gasteiger partial charge on any atom is 0.293 e. The van der Waals surface area contributed by atoms with Crippen molar-refractivity contribution in [3.63, 3.8) is 0 Å². The van der Waals surface area contributed by atoms with Gasteiger partial charge in [-0.2, -0.15) is 19.0 Å². The van der Waals surface area contributed by atoms with Crippen molar-refractivity contribution in [1.82, 2.24) is 34.4 Å². The van der Waals surface area contributed by atoms with Crippen LogP contribution in [0.4, 0.5) is 32.2 Å². The first-order chi connectivity index (χ1) is 30.5. The number of carbonyl (C=O) groups is 1. The van der Waals surface area contributed by atoms with Crippen molar-refractivity contribution in [2.24, 2.45) is 13.0 Å². The molecule has 1 amide bonds. The third-order valence-corrected chi connectivity index (χ3v) is 12.6. The van der Waals surface area contributed by atoms with Gasteiger partial charge in [-0.05, 0) is 84.8 Å². The normalized spacial score (nSPS) is 17.1. The van der Waals surface area contributed by atoms with Gasteiger partial charge in [0, 0.05) is 31.0 Å². The largest absolute Gasteiger partial charge is 0.386 e. The lowest BCUT2D eigenvalue weighted by molar-refractivity contribution is -0.123. The second-order valence-electron chi connectivity index (χ2n) is 16.9. The SMILES string of the molecule is Cn1nc(NS(C)(=O)=O)c2c(Cl)ccc(-n3c([C@H](Cc4cc(F)cc(F)c4)NC(=O)Cn4nc(C(F)F)c5c4C(F)(F)[C@@H]4C[C@H]54)nc4cc(-c5ccc(C(C)(C)O)cc5)ccc4c3=O)c21. The molecule has 65 heavy (non-hydrogen) atoms. The van der Waals surface area contributed by atoms with Crippen molar-refractivity contribution in [2.75, 3.05) is 11.0 Å².